The van der Waals surface area contributed by atoms with Crippen LogP contribution in [0.25, 0.3) is 0 Å². The Bertz CT molecular complexity index is 862. The zero-order valence-electron chi connectivity index (χ0n) is 18.3. The highest BCUT2D eigenvalue weighted by Crippen LogP contribution is 2.30. The Kier molecular flexibility index (Phi) is 6.86. The van der Waals surface area contributed by atoms with E-state index in [0.717, 1.165) is 75.1 Å². The third kappa shape index (κ3) is 5.07. The molecule has 0 bridgehead atoms. The normalized spacial score (nSPS) is 18.5. The SMILES string of the molecule is COc1ccc([C@H](C)NC(=O)C2CCN(c3cncnc3N3CCOCC3)CC2)cc1. The summed E-state index contributed by atoms with van der Waals surface area (Å²) in [7, 11) is 1.65. The fourth-order valence-corrected chi connectivity index (χ4v) is 4.25. The molecule has 3 heterocycles. The molecule has 0 unspecified atom stereocenters. The molecule has 0 radical (unpaired) electrons. The highest BCUT2D eigenvalue weighted by molar-refractivity contribution is 5.79. The van der Waals surface area contributed by atoms with E-state index in [1.807, 2.05) is 37.4 Å². The molecule has 2 aliphatic heterocycles. The third-order valence-electron chi connectivity index (χ3n) is 6.16. The minimum Gasteiger partial charge on any atom is -0.497 e. The van der Waals surface area contributed by atoms with E-state index in [9.17, 15) is 4.79 Å². The van der Waals surface area contributed by atoms with Crippen LogP contribution in [0.1, 0.15) is 31.4 Å². The van der Waals surface area contributed by atoms with E-state index in [0.29, 0.717) is 0 Å². The largest absolute Gasteiger partial charge is 0.497 e. The fourth-order valence-electron chi connectivity index (χ4n) is 4.25. The van der Waals surface area contributed by atoms with Gasteiger partial charge in [-0.15, -0.1) is 0 Å². The number of anilines is 2. The van der Waals surface area contributed by atoms with Gasteiger partial charge in [0.1, 0.15) is 12.1 Å². The predicted octanol–water partition coefficient (Wildman–Crippen LogP) is 2.42. The Morgan fingerprint density at radius 3 is 2.52 bits per heavy atom. The number of rotatable bonds is 6. The van der Waals surface area contributed by atoms with Crippen molar-refractivity contribution in [3.05, 3.63) is 42.4 Å². The lowest BCUT2D eigenvalue weighted by atomic mass is 9.95. The maximum Gasteiger partial charge on any atom is 0.223 e. The molecule has 31 heavy (non-hydrogen) atoms. The Balaban J connectivity index is 1.34. The number of aromatic nitrogens is 2. The summed E-state index contributed by atoms with van der Waals surface area (Å²) in [5.41, 5.74) is 2.12. The number of piperidine rings is 1. The van der Waals surface area contributed by atoms with Crippen molar-refractivity contribution >= 4 is 17.4 Å². The minimum absolute atomic E-state index is 0.0217. The lowest BCUT2D eigenvalue weighted by Crippen LogP contribution is -2.43. The Labute approximate surface area is 183 Å². The molecule has 2 aliphatic rings. The van der Waals surface area contributed by atoms with Crippen LogP contribution in [0.2, 0.25) is 0 Å². The summed E-state index contributed by atoms with van der Waals surface area (Å²) in [5.74, 6) is 1.93. The molecule has 1 aromatic carbocycles. The van der Waals surface area contributed by atoms with Crippen molar-refractivity contribution < 1.29 is 14.3 Å². The number of ether oxygens (including phenoxy) is 2. The topological polar surface area (TPSA) is 79.8 Å². The molecule has 8 nitrogen and oxygen atoms in total. The van der Waals surface area contributed by atoms with E-state index in [1.54, 1.807) is 13.4 Å². The zero-order valence-corrected chi connectivity index (χ0v) is 18.3. The Morgan fingerprint density at radius 1 is 1.13 bits per heavy atom. The Morgan fingerprint density at radius 2 is 1.84 bits per heavy atom. The molecule has 1 amide bonds. The van der Waals surface area contributed by atoms with Crippen LogP contribution in [0.4, 0.5) is 11.5 Å². The maximum absolute atomic E-state index is 12.9. The van der Waals surface area contributed by atoms with Crippen molar-refractivity contribution in [3.63, 3.8) is 0 Å². The number of amides is 1. The maximum atomic E-state index is 12.9. The first-order valence-electron chi connectivity index (χ1n) is 11.0. The molecule has 1 aromatic heterocycles. The van der Waals surface area contributed by atoms with Gasteiger partial charge in [-0.05, 0) is 37.5 Å². The van der Waals surface area contributed by atoms with Crippen LogP contribution in [-0.4, -0.2) is 62.4 Å². The van der Waals surface area contributed by atoms with E-state index in [4.69, 9.17) is 9.47 Å². The van der Waals surface area contributed by atoms with Crippen LogP contribution in [0.3, 0.4) is 0 Å². The molecule has 2 saturated heterocycles. The van der Waals surface area contributed by atoms with Gasteiger partial charge < -0.3 is 24.6 Å². The highest BCUT2D eigenvalue weighted by Gasteiger charge is 2.28. The second-order valence-corrected chi connectivity index (χ2v) is 8.10. The molecule has 4 rings (SSSR count). The van der Waals surface area contributed by atoms with Gasteiger partial charge in [0.05, 0.1) is 38.2 Å². The molecule has 0 aliphatic carbocycles. The van der Waals surface area contributed by atoms with E-state index in [-0.39, 0.29) is 17.9 Å². The van der Waals surface area contributed by atoms with Crippen LogP contribution < -0.4 is 19.9 Å². The lowest BCUT2D eigenvalue weighted by Gasteiger charge is -2.36. The van der Waals surface area contributed by atoms with Gasteiger partial charge in [0.2, 0.25) is 5.91 Å². The van der Waals surface area contributed by atoms with E-state index >= 15 is 0 Å². The number of nitrogens with one attached hydrogen (secondary N) is 1. The first-order valence-corrected chi connectivity index (χ1v) is 11.0. The van der Waals surface area contributed by atoms with Crippen molar-refractivity contribution in [2.24, 2.45) is 5.92 Å². The number of benzene rings is 1. The van der Waals surface area contributed by atoms with E-state index in [2.05, 4.69) is 25.1 Å². The van der Waals surface area contributed by atoms with Crippen LogP contribution in [0.5, 0.6) is 5.75 Å². The van der Waals surface area contributed by atoms with Crippen LogP contribution in [0.15, 0.2) is 36.8 Å². The van der Waals surface area contributed by atoms with Gasteiger partial charge in [0.15, 0.2) is 5.82 Å². The molecule has 0 saturated carbocycles. The Hall–Kier alpha value is -2.87. The number of hydrogen-bond acceptors (Lipinski definition) is 7. The third-order valence-corrected chi connectivity index (χ3v) is 6.16. The van der Waals surface area contributed by atoms with Gasteiger partial charge in [-0.3, -0.25) is 4.79 Å². The van der Waals surface area contributed by atoms with Crippen LogP contribution in [-0.2, 0) is 9.53 Å². The first kappa shape index (κ1) is 21.4. The van der Waals surface area contributed by atoms with E-state index in [1.165, 1.54) is 0 Å². The standard InChI is InChI=1S/C23H31N5O3/c1-17(18-3-5-20(30-2)6-4-18)26-23(29)19-7-9-27(10-8-19)21-15-24-16-25-22(21)28-11-13-31-14-12-28/h3-6,15-17,19H,7-14H2,1-2H3,(H,26,29)/t17-/m0/s1. The summed E-state index contributed by atoms with van der Waals surface area (Å²) in [6, 6.07) is 7.80. The monoisotopic (exact) mass is 425 g/mol. The van der Waals surface area contributed by atoms with Crippen molar-refractivity contribution in [2.45, 2.75) is 25.8 Å². The zero-order chi connectivity index (χ0) is 21.6. The lowest BCUT2D eigenvalue weighted by molar-refractivity contribution is -0.126. The minimum atomic E-state index is -0.0353. The van der Waals surface area contributed by atoms with Gasteiger partial charge in [-0.25, -0.2) is 9.97 Å². The molecule has 1 N–H and O–H groups in total. The predicted molar refractivity (Wildman–Crippen MR) is 120 cm³/mol. The average molecular weight is 426 g/mol. The van der Waals surface area contributed by atoms with Gasteiger partial charge in [-0.2, -0.15) is 0 Å². The molecular formula is C23H31N5O3. The van der Waals surface area contributed by atoms with Crippen molar-refractivity contribution in [2.75, 3.05) is 56.3 Å². The second kappa shape index (κ2) is 9.96. The highest BCUT2D eigenvalue weighted by atomic mass is 16.5. The number of hydrogen-bond donors (Lipinski definition) is 1. The molecule has 1 atom stereocenters. The molecule has 166 valence electrons. The summed E-state index contributed by atoms with van der Waals surface area (Å²) in [5, 5.41) is 3.18. The number of methoxy groups -OCH3 is 1. The fraction of sp³-hybridized carbons (Fsp3) is 0.522. The number of nitrogens with zero attached hydrogens (tertiary/aromatic N) is 4. The van der Waals surface area contributed by atoms with Gasteiger partial charge in [-0.1, -0.05) is 12.1 Å². The smallest absolute Gasteiger partial charge is 0.223 e. The summed E-state index contributed by atoms with van der Waals surface area (Å²) in [4.78, 5) is 26.2. The van der Waals surface area contributed by atoms with Crippen molar-refractivity contribution in [3.8, 4) is 5.75 Å². The quantitative estimate of drug-likeness (QED) is 0.761. The van der Waals surface area contributed by atoms with Gasteiger partial charge in [0.25, 0.3) is 0 Å². The van der Waals surface area contributed by atoms with Crippen molar-refractivity contribution in [1.82, 2.24) is 15.3 Å². The molecule has 8 heteroatoms. The van der Waals surface area contributed by atoms with Crippen LogP contribution >= 0.6 is 0 Å². The first-order chi connectivity index (χ1) is 15.2. The van der Waals surface area contributed by atoms with Crippen LogP contribution in [0, 0.1) is 5.92 Å². The average Bonchev–Trinajstić information content (AvgIpc) is 2.84. The summed E-state index contributed by atoms with van der Waals surface area (Å²) < 4.78 is 10.7. The second-order valence-electron chi connectivity index (χ2n) is 8.10. The number of carbonyl (C=O) groups excluding carboxylic acids is 1. The molecule has 2 fully saturated rings. The van der Waals surface area contributed by atoms with E-state index < -0.39 is 0 Å². The molecular weight excluding hydrogens is 394 g/mol. The summed E-state index contributed by atoms with van der Waals surface area (Å²) in [6.45, 7) is 6.78. The van der Waals surface area contributed by atoms with Gasteiger partial charge >= 0.3 is 0 Å². The summed E-state index contributed by atoms with van der Waals surface area (Å²) >= 11 is 0. The number of carbonyl (C=O) groups is 1. The molecule has 0 spiro atoms. The number of morpholine rings is 1. The van der Waals surface area contributed by atoms with Gasteiger partial charge in [0, 0.05) is 32.1 Å². The molecule has 2 aromatic rings. The van der Waals surface area contributed by atoms with Crippen molar-refractivity contribution in [1.29, 1.82) is 0 Å². The summed E-state index contributed by atoms with van der Waals surface area (Å²) in [6.07, 6.45) is 5.14.